The molecule has 0 fully saturated rings. The second-order valence-electron chi connectivity index (χ2n) is 4.70. The third-order valence-electron chi connectivity index (χ3n) is 3.20. The molecule has 0 aromatic heterocycles. The number of nitrogens with two attached hydrogens (primary N) is 1. The van der Waals surface area contributed by atoms with Crippen molar-refractivity contribution < 1.29 is 9.53 Å². The summed E-state index contributed by atoms with van der Waals surface area (Å²) in [6.45, 7) is 4.24. The van der Waals surface area contributed by atoms with E-state index in [1.807, 2.05) is 12.1 Å². The van der Waals surface area contributed by atoms with Crippen molar-refractivity contribution in [3.05, 3.63) is 53.6 Å². The van der Waals surface area contributed by atoms with Crippen molar-refractivity contribution in [1.29, 1.82) is 0 Å². The standard InChI is InChI=1S/C17H20N2O2/c1-3-12-5-8-14(9-6-12)19-16-10-7-13(11-15(16)18)17(20)21-4-2/h5-11,19H,3-4,18H2,1-2H3. The highest BCUT2D eigenvalue weighted by atomic mass is 16.5. The van der Waals surface area contributed by atoms with Gasteiger partial charge in [-0.3, -0.25) is 0 Å². The molecule has 0 unspecified atom stereocenters. The summed E-state index contributed by atoms with van der Waals surface area (Å²) in [5.74, 6) is -0.358. The third kappa shape index (κ3) is 3.75. The molecule has 0 aliphatic rings. The van der Waals surface area contributed by atoms with Crippen LogP contribution in [-0.2, 0) is 11.2 Å². The largest absolute Gasteiger partial charge is 0.462 e. The van der Waals surface area contributed by atoms with Gasteiger partial charge in [0, 0.05) is 5.69 Å². The summed E-state index contributed by atoms with van der Waals surface area (Å²) in [5, 5.41) is 3.24. The molecule has 0 bridgehead atoms. The van der Waals surface area contributed by atoms with Gasteiger partial charge in [0.25, 0.3) is 0 Å². The lowest BCUT2D eigenvalue weighted by atomic mass is 10.1. The first-order valence-corrected chi connectivity index (χ1v) is 7.06. The van der Waals surface area contributed by atoms with Crippen molar-refractivity contribution in [2.75, 3.05) is 17.7 Å². The number of ether oxygens (including phenoxy) is 1. The molecule has 0 aliphatic carbocycles. The van der Waals surface area contributed by atoms with Crippen LogP contribution in [0.3, 0.4) is 0 Å². The number of carbonyl (C=O) groups excluding carboxylic acids is 1. The molecule has 2 aromatic carbocycles. The van der Waals surface area contributed by atoms with Gasteiger partial charge in [-0.15, -0.1) is 0 Å². The smallest absolute Gasteiger partial charge is 0.338 e. The Morgan fingerprint density at radius 1 is 1.14 bits per heavy atom. The van der Waals surface area contributed by atoms with Crippen molar-refractivity contribution in [2.24, 2.45) is 0 Å². The van der Waals surface area contributed by atoms with Gasteiger partial charge >= 0.3 is 5.97 Å². The van der Waals surface area contributed by atoms with E-state index in [2.05, 4.69) is 24.4 Å². The first-order chi connectivity index (χ1) is 10.1. The SMILES string of the molecule is CCOC(=O)c1ccc(Nc2ccc(CC)cc2)c(N)c1. The second kappa shape index (κ2) is 6.79. The average molecular weight is 284 g/mol. The molecule has 3 N–H and O–H groups in total. The summed E-state index contributed by atoms with van der Waals surface area (Å²) in [7, 11) is 0. The van der Waals surface area contributed by atoms with E-state index < -0.39 is 0 Å². The van der Waals surface area contributed by atoms with Crippen molar-refractivity contribution in [1.82, 2.24) is 0 Å². The molecule has 0 aliphatic heterocycles. The number of aryl methyl sites for hydroxylation is 1. The minimum Gasteiger partial charge on any atom is -0.462 e. The number of esters is 1. The lowest BCUT2D eigenvalue weighted by Gasteiger charge is -2.11. The molecule has 110 valence electrons. The van der Waals surface area contributed by atoms with Gasteiger partial charge in [0.05, 0.1) is 23.5 Å². The maximum atomic E-state index is 11.6. The quantitative estimate of drug-likeness (QED) is 0.648. The molecule has 4 heteroatoms. The summed E-state index contributed by atoms with van der Waals surface area (Å²) < 4.78 is 4.95. The highest BCUT2D eigenvalue weighted by Gasteiger charge is 2.09. The lowest BCUT2D eigenvalue weighted by Crippen LogP contribution is -2.06. The first kappa shape index (κ1) is 14.9. The number of nitrogens with one attached hydrogen (secondary N) is 1. The summed E-state index contributed by atoms with van der Waals surface area (Å²) in [4.78, 5) is 11.6. The molecule has 21 heavy (non-hydrogen) atoms. The van der Waals surface area contributed by atoms with E-state index in [4.69, 9.17) is 10.5 Å². The Labute approximate surface area is 124 Å². The number of rotatable bonds is 5. The van der Waals surface area contributed by atoms with E-state index in [0.717, 1.165) is 17.8 Å². The van der Waals surface area contributed by atoms with Gasteiger partial charge in [0.15, 0.2) is 0 Å². The number of benzene rings is 2. The van der Waals surface area contributed by atoms with Crippen LogP contribution >= 0.6 is 0 Å². The fourth-order valence-electron chi connectivity index (χ4n) is 2.00. The fraction of sp³-hybridized carbons (Fsp3) is 0.235. The van der Waals surface area contributed by atoms with Crippen LogP contribution in [-0.4, -0.2) is 12.6 Å². The molecular weight excluding hydrogens is 264 g/mol. The number of carbonyl (C=O) groups is 1. The predicted octanol–water partition coefficient (Wildman–Crippen LogP) is 3.75. The molecule has 2 aromatic rings. The van der Waals surface area contributed by atoms with Crippen molar-refractivity contribution in [3.63, 3.8) is 0 Å². The normalized spacial score (nSPS) is 10.2. The van der Waals surface area contributed by atoms with Gasteiger partial charge in [-0.05, 0) is 49.2 Å². The number of anilines is 3. The number of hydrogen-bond acceptors (Lipinski definition) is 4. The molecule has 4 nitrogen and oxygen atoms in total. The van der Waals surface area contributed by atoms with Gasteiger partial charge in [0.2, 0.25) is 0 Å². The van der Waals surface area contributed by atoms with Crippen LogP contribution in [0, 0.1) is 0 Å². The van der Waals surface area contributed by atoms with Gasteiger partial charge < -0.3 is 15.8 Å². The van der Waals surface area contributed by atoms with E-state index in [9.17, 15) is 4.79 Å². The van der Waals surface area contributed by atoms with Gasteiger partial charge in [-0.2, -0.15) is 0 Å². The molecule has 0 atom stereocenters. The minimum atomic E-state index is -0.358. The van der Waals surface area contributed by atoms with Crippen molar-refractivity contribution >= 4 is 23.0 Å². The van der Waals surface area contributed by atoms with Crippen LogP contribution in [0.2, 0.25) is 0 Å². The Morgan fingerprint density at radius 3 is 2.43 bits per heavy atom. The minimum absolute atomic E-state index is 0.350. The predicted molar refractivity (Wildman–Crippen MR) is 85.9 cm³/mol. The summed E-state index contributed by atoms with van der Waals surface area (Å²) >= 11 is 0. The third-order valence-corrected chi connectivity index (χ3v) is 3.20. The zero-order valence-corrected chi connectivity index (χ0v) is 12.3. The van der Waals surface area contributed by atoms with Crippen LogP contribution in [0.1, 0.15) is 29.8 Å². The Morgan fingerprint density at radius 2 is 1.86 bits per heavy atom. The van der Waals surface area contributed by atoms with E-state index in [-0.39, 0.29) is 5.97 Å². The summed E-state index contributed by atoms with van der Waals surface area (Å²) in [5.41, 5.74) is 9.98. The van der Waals surface area contributed by atoms with E-state index in [0.29, 0.717) is 17.9 Å². The Hall–Kier alpha value is -2.49. The average Bonchev–Trinajstić information content (AvgIpc) is 2.50. The van der Waals surface area contributed by atoms with E-state index in [1.54, 1.807) is 25.1 Å². The molecule has 0 radical (unpaired) electrons. The van der Waals surface area contributed by atoms with Crippen LogP contribution in [0.5, 0.6) is 0 Å². The summed E-state index contributed by atoms with van der Waals surface area (Å²) in [6, 6.07) is 13.3. The Balaban J connectivity index is 2.15. The molecular formula is C17H20N2O2. The Bertz CT molecular complexity index is 621. The highest BCUT2D eigenvalue weighted by molar-refractivity contribution is 5.92. The van der Waals surface area contributed by atoms with E-state index >= 15 is 0 Å². The van der Waals surface area contributed by atoms with E-state index in [1.165, 1.54) is 5.56 Å². The maximum absolute atomic E-state index is 11.6. The lowest BCUT2D eigenvalue weighted by molar-refractivity contribution is 0.0526. The zero-order chi connectivity index (χ0) is 15.2. The molecule has 0 heterocycles. The Kier molecular flexibility index (Phi) is 4.82. The molecule has 0 saturated carbocycles. The van der Waals surface area contributed by atoms with Gasteiger partial charge in [-0.1, -0.05) is 19.1 Å². The summed E-state index contributed by atoms with van der Waals surface area (Å²) in [6.07, 6.45) is 1.01. The fourth-order valence-corrected chi connectivity index (χ4v) is 2.00. The van der Waals surface area contributed by atoms with Crippen LogP contribution in [0.4, 0.5) is 17.1 Å². The van der Waals surface area contributed by atoms with Crippen molar-refractivity contribution in [2.45, 2.75) is 20.3 Å². The number of hydrogen-bond donors (Lipinski definition) is 2. The molecule has 0 amide bonds. The van der Waals surface area contributed by atoms with Crippen LogP contribution in [0.15, 0.2) is 42.5 Å². The topological polar surface area (TPSA) is 64.3 Å². The monoisotopic (exact) mass is 284 g/mol. The molecule has 2 rings (SSSR count). The first-order valence-electron chi connectivity index (χ1n) is 7.06. The van der Waals surface area contributed by atoms with Crippen LogP contribution in [0.25, 0.3) is 0 Å². The maximum Gasteiger partial charge on any atom is 0.338 e. The molecule has 0 spiro atoms. The zero-order valence-electron chi connectivity index (χ0n) is 12.3. The second-order valence-corrected chi connectivity index (χ2v) is 4.70. The van der Waals surface area contributed by atoms with Crippen LogP contribution < -0.4 is 11.1 Å². The highest BCUT2D eigenvalue weighted by Crippen LogP contribution is 2.24. The van der Waals surface area contributed by atoms with Gasteiger partial charge in [0.1, 0.15) is 0 Å². The molecule has 0 saturated heterocycles. The number of nitrogen functional groups attached to an aromatic ring is 1. The van der Waals surface area contributed by atoms with Crippen molar-refractivity contribution in [3.8, 4) is 0 Å². The van der Waals surface area contributed by atoms with Gasteiger partial charge in [-0.25, -0.2) is 4.79 Å².